The Morgan fingerprint density at radius 3 is 2.46 bits per heavy atom. The van der Waals surface area contributed by atoms with Crippen LogP contribution in [0.4, 0.5) is 0 Å². The van der Waals surface area contributed by atoms with E-state index in [9.17, 15) is 13.2 Å². The average Bonchev–Trinajstić information content (AvgIpc) is 2.64. The number of pyridine rings is 1. The molecule has 26 heavy (non-hydrogen) atoms. The summed E-state index contributed by atoms with van der Waals surface area (Å²) in [5.74, 6) is 0.0620. The van der Waals surface area contributed by atoms with Crippen molar-refractivity contribution in [3.8, 4) is 16.9 Å². The lowest BCUT2D eigenvalue weighted by Gasteiger charge is -2.12. The van der Waals surface area contributed by atoms with E-state index < -0.39 is 15.4 Å². The van der Waals surface area contributed by atoms with Crippen LogP contribution in [0.25, 0.3) is 11.1 Å². The van der Waals surface area contributed by atoms with Crippen LogP contribution in [0.15, 0.2) is 70.5 Å². The van der Waals surface area contributed by atoms with Gasteiger partial charge in [-0.05, 0) is 29.3 Å². The zero-order valence-corrected chi connectivity index (χ0v) is 15.5. The Morgan fingerprint density at radius 1 is 1.04 bits per heavy atom. The van der Waals surface area contributed by atoms with E-state index in [0.717, 1.165) is 17.2 Å². The minimum absolute atomic E-state index is 0.146. The second-order valence-corrected chi connectivity index (χ2v) is 8.06. The zero-order chi connectivity index (χ0) is 18.7. The summed E-state index contributed by atoms with van der Waals surface area (Å²) in [5.41, 5.74) is 1.58. The van der Waals surface area contributed by atoms with Gasteiger partial charge < -0.3 is 9.72 Å². The molecule has 0 aliphatic carbocycles. The van der Waals surface area contributed by atoms with Crippen LogP contribution in [0, 0.1) is 0 Å². The topological polar surface area (TPSA) is 76.2 Å². The average molecular weight is 390 g/mol. The number of hydrogen-bond donors (Lipinski definition) is 1. The minimum Gasteiger partial charge on any atom is -0.496 e. The van der Waals surface area contributed by atoms with Crippen molar-refractivity contribution in [3.05, 3.63) is 81.7 Å². The van der Waals surface area contributed by atoms with Gasteiger partial charge in [0.15, 0.2) is 9.84 Å². The largest absolute Gasteiger partial charge is 0.496 e. The lowest BCUT2D eigenvalue weighted by atomic mass is 10.0. The summed E-state index contributed by atoms with van der Waals surface area (Å²) >= 11 is 5.83. The molecular formula is C19H16ClNO4S. The fraction of sp³-hybridized carbons (Fsp3) is 0.105. The van der Waals surface area contributed by atoms with Gasteiger partial charge in [0.05, 0.1) is 17.9 Å². The smallest absolute Gasteiger partial charge is 0.266 e. The van der Waals surface area contributed by atoms with Crippen molar-refractivity contribution in [1.29, 1.82) is 0 Å². The van der Waals surface area contributed by atoms with Gasteiger partial charge in [-0.25, -0.2) is 8.42 Å². The molecule has 0 aliphatic heterocycles. The fourth-order valence-corrected chi connectivity index (χ4v) is 4.32. The minimum atomic E-state index is -3.91. The first-order valence-corrected chi connectivity index (χ1v) is 9.77. The Bertz CT molecular complexity index is 1090. The molecule has 1 heterocycles. The molecule has 0 saturated carbocycles. The van der Waals surface area contributed by atoms with E-state index in [-0.39, 0.29) is 15.7 Å². The molecule has 7 heteroatoms. The van der Waals surface area contributed by atoms with Crippen molar-refractivity contribution in [1.82, 2.24) is 4.98 Å². The number of aromatic nitrogens is 1. The maximum absolute atomic E-state index is 12.8. The molecule has 0 saturated heterocycles. The third-order valence-corrected chi connectivity index (χ3v) is 5.78. The maximum Gasteiger partial charge on any atom is 0.266 e. The lowest BCUT2D eigenvalue weighted by Crippen LogP contribution is -2.18. The first-order chi connectivity index (χ1) is 12.4. The quantitative estimate of drug-likeness (QED) is 0.722. The highest BCUT2D eigenvalue weighted by Gasteiger charge is 2.22. The molecule has 1 aromatic heterocycles. The Kier molecular flexibility index (Phi) is 5.15. The summed E-state index contributed by atoms with van der Waals surface area (Å²) in [6.45, 7) is 0. The van der Waals surface area contributed by atoms with Crippen LogP contribution in [0.3, 0.4) is 0 Å². The van der Waals surface area contributed by atoms with E-state index in [0.29, 0.717) is 11.3 Å². The van der Waals surface area contributed by atoms with E-state index in [1.54, 1.807) is 12.1 Å². The molecular weight excluding hydrogens is 374 g/mol. The summed E-state index contributed by atoms with van der Waals surface area (Å²) in [5, 5.41) is 0.146. The molecule has 5 nitrogen and oxygen atoms in total. The van der Waals surface area contributed by atoms with Gasteiger partial charge in [-0.1, -0.05) is 48.0 Å². The van der Waals surface area contributed by atoms with Crippen LogP contribution >= 0.6 is 11.6 Å². The van der Waals surface area contributed by atoms with E-state index in [2.05, 4.69) is 4.98 Å². The molecule has 0 spiro atoms. The molecule has 0 amide bonds. The highest BCUT2D eigenvalue weighted by Crippen LogP contribution is 2.29. The van der Waals surface area contributed by atoms with Gasteiger partial charge >= 0.3 is 0 Å². The van der Waals surface area contributed by atoms with Crippen molar-refractivity contribution in [3.63, 3.8) is 0 Å². The van der Waals surface area contributed by atoms with Crippen LogP contribution in [-0.2, 0) is 15.6 Å². The van der Waals surface area contributed by atoms with Crippen molar-refractivity contribution < 1.29 is 13.2 Å². The summed E-state index contributed by atoms with van der Waals surface area (Å²) in [4.78, 5) is 13.9. The molecule has 0 radical (unpaired) electrons. The normalized spacial score (nSPS) is 11.3. The first kappa shape index (κ1) is 18.2. The molecule has 0 bridgehead atoms. The standard InChI is InChI=1S/C19H16ClNO4S/c1-25-17-8-7-14(13-5-3-2-4-6-13)9-15(17)12-26(23,24)18-10-16(20)11-21-19(18)22/h2-11H,12H2,1H3,(H,21,22). The highest BCUT2D eigenvalue weighted by atomic mass is 35.5. The van der Waals surface area contributed by atoms with Crippen LogP contribution in [0.2, 0.25) is 5.02 Å². The molecule has 0 fully saturated rings. The molecule has 134 valence electrons. The predicted molar refractivity (Wildman–Crippen MR) is 101 cm³/mol. The van der Waals surface area contributed by atoms with Crippen molar-refractivity contribution in [2.45, 2.75) is 10.6 Å². The fourth-order valence-electron chi connectivity index (χ4n) is 2.65. The molecule has 2 aromatic carbocycles. The van der Waals surface area contributed by atoms with Crippen molar-refractivity contribution >= 4 is 21.4 Å². The summed E-state index contributed by atoms with van der Waals surface area (Å²) in [6, 6.07) is 16.1. The predicted octanol–water partition coefficient (Wildman–Crippen LogP) is 3.68. The van der Waals surface area contributed by atoms with Crippen molar-refractivity contribution in [2.75, 3.05) is 7.11 Å². The third-order valence-electron chi connectivity index (χ3n) is 3.90. The zero-order valence-electron chi connectivity index (χ0n) is 13.9. The molecule has 0 aliphatic rings. The molecule has 3 rings (SSSR count). The SMILES string of the molecule is COc1ccc(-c2ccccc2)cc1CS(=O)(=O)c1cc(Cl)c[nH]c1=O. The number of sulfone groups is 1. The Morgan fingerprint density at radius 2 is 1.77 bits per heavy atom. The number of H-pyrrole nitrogens is 1. The van der Waals surface area contributed by atoms with E-state index in [1.165, 1.54) is 13.3 Å². The second-order valence-electron chi connectivity index (χ2n) is 5.66. The van der Waals surface area contributed by atoms with E-state index in [1.807, 2.05) is 36.4 Å². The summed E-state index contributed by atoms with van der Waals surface area (Å²) in [7, 11) is -2.43. The van der Waals surface area contributed by atoms with Crippen molar-refractivity contribution in [2.24, 2.45) is 0 Å². The van der Waals surface area contributed by atoms with Gasteiger partial charge in [0, 0.05) is 11.8 Å². The third kappa shape index (κ3) is 3.81. The van der Waals surface area contributed by atoms with Crippen LogP contribution in [0.5, 0.6) is 5.75 Å². The molecule has 0 unspecified atom stereocenters. The van der Waals surface area contributed by atoms with E-state index in [4.69, 9.17) is 16.3 Å². The number of aromatic amines is 1. The van der Waals surface area contributed by atoms with E-state index >= 15 is 0 Å². The van der Waals surface area contributed by atoms with Gasteiger partial charge in [-0.2, -0.15) is 0 Å². The number of benzene rings is 2. The first-order valence-electron chi connectivity index (χ1n) is 7.74. The number of hydrogen-bond acceptors (Lipinski definition) is 4. The van der Waals surface area contributed by atoms with Crippen LogP contribution in [0.1, 0.15) is 5.56 Å². The highest BCUT2D eigenvalue weighted by molar-refractivity contribution is 7.90. The molecule has 1 N–H and O–H groups in total. The van der Waals surface area contributed by atoms with Gasteiger partial charge in [0.1, 0.15) is 10.6 Å². The summed E-state index contributed by atoms with van der Waals surface area (Å²) < 4.78 is 30.8. The van der Waals surface area contributed by atoms with Gasteiger partial charge in [0.2, 0.25) is 0 Å². The Balaban J connectivity index is 2.06. The molecule has 3 aromatic rings. The number of ether oxygens (including phenoxy) is 1. The number of halogens is 1. The monoisotopic (exact) mass is 389 g/mol. The number of rotatable bonds is 5. The van der Waals surface area contributed by atoms with Crippen LogP contribution in [-0.4, -0.2) is 20.5 Å². The second kappa shape index (κ2) is 7.35. The number of nitrogens with one attached hydrogen (secondary N) is 1. The maximum atomic E-state index is 12.8. The van der Waals surface area contributed by atoms with Crippen LogP contribution < -0.4 is 10.3 Å². The number of methoxy groups -OCH3 is 1. The Labute approximate surface area is 156 Å². The molecule has 0 atom stereocenters. The lowest BCUT2D eigenvalue weighted by molar-refractivity contribution is 0.411. The van der Waals surface area contributed by atoms with Gasteiger partial charge in [-0.3, -0.25) is 4.79 Å². The Hall–Kier alpha value is -2.57. The summed E-state index contributed by atoms with van der Waals surface area (Å²) in [6.07, 6.45) is 1.25. The van der Waals surface area contributed by atoms with Gasteiger partial charge in [0.25, 0.3) is 5.56 Å². The van der Waals surface area contributed by atoms with Gasteiger partial charge in [-0.15, -0.1) is 0 Å².